The van der Waals surface area contributed by atoms with E-state index in [1.165, 1.54) is 0 Å². The van der Waals surface area contributed by atoms with Crippen molar-refractivity contribution in [3.8, 4) is 0 Å². The van der Waals surface area contributed by atoms with Crippen LogP contribution in [0, 0.1) is 5.92 Å². The lowest BCUT2D eigenvalue weighted by molar-refractivity contribution is 0.0774. The molecule has 2 aromatic heterocycles. The number of aryl methyl sites for hydroxylation is 1. The number of aliphatic hydroxyl groups excluding tert-OH is 1. The molecule has 3 heterocycles. The summed E-state index contributed by atoms with van der Waals surface area (Å²) in [6, 6.07) is 2.12. The molecule has 0 aromatic carbocycles. The highest BCUT2D eigenvalue weighted by molar-refractivity contribution is 5.92. The maximum atomic E-state index is 12.9. The molecule has 0 bridgehead atoms. The molecule has 1 aliphatic rings. The van der Waals surface area contributed by atoms with Gasteiger partial charge in [-0.05, 0) is 24.5 Å². The number of hydrogen-bond donors (Lipinski definition) is 1. The standard InChI is InChI=1S/C18H27N5O2/c1-4-15(5-2)23-7-6-17(20-23)18(25)22-10-14(12-24)16(11-22)13-8-19-21(3)9-13/h6-9,14-16,24H,4-5,10-12H2,1-3H3/t14-,16-/m0/s1. The summed E-state index contributed by atoms with van der Waals surface area (Å²) in [4.78, 5) is 14.7. The Morgan fingerprint density at radius 3 is 2.72 bits per heavy atom. The molecule has 0 aliphatic carbocycles. The molecule has 0 saturated carbocycles. The van der Waals surface area contributed by atoms with Gasteiger partial charge >= 0.3 is 0 Å². The average Bonchev–Trinajstić information content (AvgIpc) is 3.34. The van der Waals surface area contributed by atoms with E-state index in [0.717, 1.165) is 18.4 Å². The molecule has 1 aliphatic heterocycles. The second kappa shape index (κ2) is 7.39. The monoisotopic (exact) mass is 345 g/mol. The number of likely N-dealkylation sites (tertiary alicyclic amines) is 1. The summed E-state index contributed by atoms with van der Waals surface area (Å²) in [6.45, 7) is 5.45. The fourth-order valence-electron chi connectivity index (χ4n) is 3.71. The topological polar surface area (TPSA) is 76.2 Å². The lowest BCUT2D eigenvalue weighted by atomic mass is 9.92. The normalized spacial score (nSPS) is 20.6. The van der Waals surface area contributed by atoms with Crippen LogP contribution in [0.1, 0.15) is 54.7 Å². The molecule has 1 amide bonds. The van der Waals surface area contributed by atoms with Gasteiger partial charge < -0.3 is 10.0 Å². The first kappa shape index (κ1) is 17.7. The Morgan fingerprint density at radius 2 is 2.12 bits per heavy atom. The Kier molecular flexibility index (Phi) is 5.22. The van der Waals surface area contributed by atoms with E-state index in [-0.39, 0.29) is 24.3 Å². The predicted molar refractivity (Wildman–Crippen MR) is 94.3 cm³/mol. The van der Waals surface area contributed by atoms with E-state index < -0.39 is 0 Å². The Labute approximate surface area is 148 Å². The number of carbonyl (C=O) groups excluding carboxylic acids is 1. The SMILES string of the molecule is CCC(CC)n1ccc(C(=O)N2C[C@@H](CO)[C@H](c3cnn(C)c3)C2)n1. The Balaban J connectivity index is 1.75. The first-order valence-corrected chi connectivity index (χ1v) is 9.01. The summed E-state index contributed by atoms with van der Waals surface area (Å²) in [5, 5.41) is 18.4. The van der Waals surface area contributed by atoms with Crippen molar-refractivity contribution in [1.29, 1.82) is 0 Å². The van der Waals surface area contributed by atoms with Crippen LogP contribution in [0.5, 0.6) is 0 Å². The molecule has 0 unspecified atom stereocenters. The van der Waals surface area contributed by atoms with E-state index >= 15 is 0 Å². The van der Waals surface area contributed by atoms with Gasteiger partial charge in [0, 0.05) is 51.0 Å². The number of rotatable bonds is 6. The quantitative estimate of drug-likeness (QED) is 0.866. The van der Waals surface area contributed by atoms with Crippen LogP contribution < -0.4 is 0 Å². The van der Waals surface area contributed by atoms with Crippen LogP contribution in [-0.2, 0) is 7.05 Å². The molecule has 7 heteroatoms. The number of amides is 1. The maximum Gasteiger partial charge on any atom is 0.274 e. The third-order valence-electron chi connectivity index (χ3n) is 5.26. The van der Waals surface area contributed by atoms with Gasteiger partial charge in [0.2, 0.25) is 0 Å². The summed E-state index contributed by atoms with van der Waals surface area (Å²) in [5.41, 5.74) is 1.55. The Morgan fingerprint density at radius 1 is 1.36 bits per heavy atom. The van der Waals surface area contributed by atoms with Crippen molar-refractivity contribution >= 4 is 5.91 Å². The van der Waals surface area contributed by atoms with Crippen LogP contribution in [0.15, 0.2) is 24.7 Å². The van der Waals surface area contributed by atoms with E-state index in [4.69, 9.17) is 0 Å². The third kappa shape index (κ3) is 3.46. The Hall–Kier alpha value is -2.15. The van der Waals surface area contributed by atoms with Gasteiger partial charge in [-0.1, -0.05) is 13.8 Å². The van der Waals surface area contributed by atoms with Gasteiger partial charge in [-0.2, -0.15) is 10.2 Å². The van der Waals surface area contributed by atoms with E-state index in [0.29, 0.717) is 24.8 Å². The minimum Gasteiger partial charge on any atom is -0.396 e. The number of carbonyl (C=O) groups is 1. The molecule has 2 atom stereocenters. The van der Waals surface area contributed by atoms with Gasteiger partial charge in [-0.15, -0.1) is 0 Å². The smallest absolute Gasteiger partial charge is 0.274 e. The van der Waals surface area contributed by atoms with Gasteiger partial charge in [0.05, 0.1) is 12.2 Å². The summed E-state index contributed by atoms with van der Waals surface area (Å²) in [7, 11) is 1.87. The van der Waals surface area contributed by atoms with Crippen molar-refractivity contribution in [2.24, 2.45) is 13.0 Å². The van der Waals surface area contributed by atoms with Crippen molar-refractivity contribution in [3.05, 3.63) is 35.9 Å². The van der Waals surface area contributed by atoms with Gasteiger partial charge in [-0.3, -0.25) is 14.2 Å². The summed E-state index contributed by atoms with van der Waals surface area (Å²) in [6.07, 6.45) is 7.66. The van der Waals surface area contributed by atoms with E-state index in [1.54, 1.807) is 15.6 Å². The van der Waals surface area contributed by atoms with Crippen molar-refractivity contribution in [3.63, 3.8) is 0 Å². The molecular formula is C18H27N5O2. The van der Waals surface area contributed by atoms with Crippen molar-refractivity contribution in [2.45, 2.75) is 38.6 Å². The van der Waals surface area contributed by atoms with E-state index in [2.05, 4.69) is 24.0 Å². The largest absolute Gasteiger partial charge is 0.396 e. The third-order valence-corrected chi connectivity index (χ3v) is 5.26. The van der Waals surface area contributed by atoms with Crippen molar-refractivity contribution in [1.82, 2.24) is 24.5 Å². The minimum atomic E-state index is -0.0606. The maximum absolute atomic E-state index is 12.9. The molecule has 0 spiro atoms. The molecule has 1 fully saturated rings. The minimum absolute atomic E-state index is 0.0364. The molecule has 25 heavy (non-hydrogen) atoms. The second-order valence-electron chi connectivity index (χ2n) is 6.86. The molecule has 3 rings (SSSR count). The molecule has 0 radical (unpaired) electrons. The summed E-state index contributed by atoms with van der Waals surface area (Å²) in [5.74, 6) is 0.0904. The van der Waals surface area contributed by atoms with Crippen LogP contribution in [0.3, 0.4) is 0 Å². The highest BCUT2D eigenvalue weighted by atomic mass is 16.3. The number of hydrogen-bond acceptors (Lipinski definition) is 4. The average molecular weight is 345 g/mol. The van der Waals surface area contributed by atoms with Crippen LogP contribution in [-0.4, -0.2) is 55.2 Å². The number of aliphatic hydroxyl groups is 1. The first-order valence-electron chi connectivity index (χ1n) is 9.01. The van der Waals surface area contributed by atoms with Crippen LogP contribution in [0.4, 0.5) is 0 Å². The molecule has 136 valence electrons. The summed E-state index contributed by atoms with van der Waals surface area (Å²) >= 11 is 0. The molecule has 7 nitrogen and oxygen atoms in total. The zero-order valence-electron chi connectivity index (χ0n) is 15.2. The molecule has 1 N–H and O–H groups in total. The predicted octanol–water partition coefficient (Wildman–Crippen LogP) is 1.83. The highest BCUT2D eigenvalue weighted by Crippen LogP contribution is 2.32. The number of aromatic nitrogens is 4. The van der Waals surface area contributed by atoms with Gasteiger partial charge in [-0.25, -0.2) is 0 Å². The van der Waals surface area contributed by atoms with Gasteiger partial charge in [0.1, 0.15) is 5.69 Å². The fourth-order valence-corrected chi connectivity index (χ4v) is 3.71. The molecular weight excluding hydrogens is 318 g/mol. The zero-order valence-corrected chi connectivity index (χ0v) is 15.2. The van der Waals surface area contributed by atoms with Gasteiger partial charge in [0.25, 0.3) is 5.91 Å². The lowest BCUT2D eigenvalue weighted by Crippen LogP contribution is -2.29. The van der Waals surface area contributed by atoms with E-state index in [9.17, 15) is 9.90 Å². The summed E-state index contributed by atoms with van der Waals surface area (Å²) < 4.78 is 3.65. The highest BCUT2D eigenvalue weighted by Gasteiger charge is 2.37. The Bertz CT molecular complexity index is 719. The lowest BCUT2D eigenvalue weighted by Gasteiger charge is -2.15. The van der Waals surface area contributed by atoms with Crippen LogP contribution in [0.2, 0.25) is 0 Å². The molecule has 1 saturated heterocycles. The second-order valence-corrected chi connectivity index (χ2v) is 6.86. The van der Waals surface area contributed by atoms with Crippen molar-refractivity contribution < 1.29 is 9.90 Å². The first-order chi connectivity index (χ1) is 12.1. The zero-order chi connectivity index (χ0) is 18.0. The van der Waals surface area contributed by atoms with Crippen LogP contribution in [0.25, 0.3) is 0 Å². The molecule has 2 aromatic rings. The van der Waals surface area contributed by atoms with E-state index in [1.807, 2.05) is 30.3 Å². The number of nitrogens with zero attached hydrogens (tertiary/aromatic N) is 5. The van der Waals surface area contributed by atoms with Crippen molar-refractivity contribution in [2.75, 3.05) is 19.7 Å². The van der Waals surface area contributed by atoms with Crippen LogP contribution >= 0.6 is 0 Å². The fraction of sp³-hybridized carbons (Fsp3) is 0.611. The van der Waals surface area contributed by atoms with Gasteiger partial charge in [0.15, 0.2) is 0 Å².